The van der Waals surface area contributed by atoms with E-state index in [0.29, 0.717) is 13.2 Å². The molecule has 0 aliphatic heterocycles. The topological polar surface area (TPSA) is 47.4 Å². The van der Waals surface area contributed by atoms with Gasteiger partial charge in [0, 0.05) is 12.6 Å². The van der Waals surface area contributed by atoms with Crippen molar-refractivity contribution in [2.24, 2.45) is 0 Å². The number of carbonyl (C=O) groups excluding carboxylic acids is 1. The molecule has 0 radical (unpaired) electrons. The molecule has 5 heteroatoms. The van der Waals surface area contributed by atoms with Crippen LogP contribution in [-0.2, 0) is 30.9 Å². The highest BCUT2D eigenvalue weighted by atomic mass is 16.5. The van der Waals surface area contributed by atoms with E-state index in [4.69, 9.17) is 9.72 Å². The van der Waals surface area contributed by atoms with Crippen LogP contribution < -0.4 is 4.74 Å². The fourth-order valence-corrected chi connectivity index (χ4v) is 5.20. The zero-order valence-electron chi connectivity index (χ0n) is 21.1. The number of hydrogen-bond donors (Lipinski definition) is 0. The van der Waals surface area contributed by atoms with Crippen LogP contribution >= 0.6 is 0 Å². The first-order valence-corrected chi connectivity index (χ1v) is 13.2. The second kappa shape index (κ2) is 11.4. The highest BCUT2D eigenvalue weighted by Crippen LogP contribution is 2.26. The Labute approximate surface area is 213 Å². The summed E-state index contributed by atoms with van der Waals surface area (Å²) < 4.78 is 8.15. The lowest BCUT2D eigenvalue weighted by atomic mass is 9.93. The minimum Gasteiger partial charge on any atom is -0.486 e. The third-order valence-electron chi connectivity index (χ3n) is 7.26. The lowest BCUT2D eigenvalue weighted by Crippen LogP contribution is -2.42. The van der Waals surface area contributed by atoms with Gasteiger partial charge in [0.1, 0.15) is 24.7 Å². The van der Waals surface area contributed by atoms with Crippen molar-refractivity contribution in [2.75, 3.05) is 0 Å². The highest BCUT2D eigenvalue weighted by molar-refractivity contribution is 5.81. The molecule has 5 nitrogen and oxygen atoms in total. The fourth-order valence-electron chi connectivity index (χ4n) is 5.20. The zero-order valence-corrected chi connectivity index (χ0v) is 21.1. The number of aryl methyl sites for hydroxylation is 1. The number of hydrogen-bond acceptors (Lipinski definition) is 3. The molecule has 36 heavy (non-hydrogen) atoms. The van der Waals surface area contributed by atoms with Gasteiger partial charge in [-0.05, 0) is 54.7 Å². The lowest BCUT2D eigenvalue weighted by molar-refractivity contribution is -0.135. The summed E-state index contributed by atoms with van der Waals surface area (Å²) in [5.74, 6) is 1.72. The highest BCUT2D eigenvalue weighted by Gasteiger charge is 2.27. The van der Waals surface area contributed by atoms with E-state index in [2.05, 4.69) is 36.1 Å². The number of benzene rings is 3. The van der Waals surface area contributed by atoms with E-state index in [1.54, 1.807) is 0 Å². The van der Waals surface area contributed by atoms with Gasteiger partial charge in [-0.3, -0.25) is 4.79 Å². The zero-order chi connectivity index (χ0) is 24.7. The maximum atomic E-state index is 13.9. The molecular formula is C31H35N3O2. The van der Waals surface area contributed by atoms with Gasteiger partial charge < -0.3 is 14.2 Å². The average molecular weight is 482 g/mol. The maximum Gasteiger partial charge on any atom is 0.243 e. The van der Waals surface area contributed by atoms with E-state index >= 15 is 0 Å². The first kappa shape index (κ1) is 24.1. The molecule has 1 heterocycles. The number of imidazole rings is 1. The summed E-state index contributed by atoms with van der Waals surface area (Å²) in [6, 6.07) is 26.8. The monoisotopic (exact) mass is 481 g/mol. The molecule has 0 unspecified atom stereocenters. The summed E-state index contributed by atoms with van der Waals surface area (Å²) in [4.78, 5) is 20.8. The summed E-state index contributed by atoms with van der Waals surface area (Å²) in [6.07, 6.45) is 6.79. The number of rotatable bonds is 9. The third kappa shape index (κ3) is 5.62. The quantitative estimate of drug-likeness (QED) is 0.273. The average Bonchev–Trinajstić information content (AvgIpc) is 3.29. The molecule has 1 aliphatic rings. The Morgan fingerprint density at radius 3 is 2.39 bits per heavy atom. The molecule has 1 aliphatic carbocycles. The third-order valence-corrected chi connectivity index (χ3v) is 7.26. The first-order chi connectivity index (χ1) is 17.7. The first-order valence-electron chi connectivity index (χ1n) is 13.2. The van der Waals surface area contributed by atoms with E-state index < -0.39 is 0 Å². The largest absolute Gasteiger partial charge is 0.486 e. The summed E-state index contributed by atoms with van der Waals surface area (Å²) in [6.45, 7) is 3.36. The molecule has 186 valence electrons. The Bertz CT molecular complexity index is 1270. The molecule has 0 saturated heterocycles. The van der Waals surface area contributed by atoms with Gasteiger partial charge in [0.2, 0.25) is 5.91 Å². The summed E-state index contributed by atoms with van der Waals surface area (Å²) >= 11 is 0. The molecule has 4 aromatic rings. The molecule has 1 amide bonds. The normalized spacial score (nSPS) is 14.1. The number of para-hydroxylation sites is 2. The Hall–Kier alpha value is -3.60. The Morgan fingerprint density at radius 2 is 1.64 bits per heavy atom. The van der Waals surface area contributed by atoms with Gasteiger partial charge >= 0.3 is 0 Å². The van der Waals surface area contributed by atoms with E-state index in [1.807, 2.05) is 59.2 Å². The molecule has 1 fully saturated rings. The number of ether oxygens (including phenoxy) is 1. The minimum absolute atomic E-state index is 0.141. The molecule has 1 saturated carbocycles. The smallest absolute Gasteiger partial charge is 0.243 e. The van der Waals surface area contributed by atoms with Crippen LogP contribution in [-0.4, -0.2) is 26.4 Å². The van der Waals surface area contributed by atoms with Crippen LogP contribution in [0.2, 0.25) is 0 Å². The minimum atomic E-state index is 0.141. The van der Waals surface area contributed by atoms with Gasteiger partial charge in [-0.15, -0.1) is 0 Å². The van der Waals surface area contributed by atoms with Crippen molar-refractivity contribution < 1.29 is 9.53 Å². The fraction of sp³-hybridized carbons (Fsp3) is 0.355. The standard InChI is InChI=1S/C31H35N3O2/c1-2-24-17-19-27(20-18-24)36-23-30-32-28-15-9-10-16-29(28)34(30)22-31(35)33(26-13-7-4-8-14-26)21-25-11-5-3-6-12-25/h3,5-6,9-12,15-20,26H,2,4,7-8,13-14,21-23H2,1H3. The van der Waals surface area contributed by atoms with Crippen LogP contribution in [0.15, 0.2) is 78.9 Å². The summed E-state index contributed by atoms with van der Waals surface area (Å²) in [5, 5.41) is 0. The molecule has 0 bridgehead atoms. The molecule has 0 N–H and O–H groups in total. The van der Waals surface area contributed by atoms with Crippen molar-refractivity contribution in [3.63, 3.8) is 0 Å². The lowest BCUT2D eigenvalue weighted by Gasteiger charge is -2.35. The summed E-state index contributed by atoms with van der Waals surface area (Å²) in [5.41, 5.74) is 4.30. The van der Waals surface area contributed by atoms with E-state index in [1.165, 1.54) is 30.4 Å². The van der Waals surface area contributed by atoms with Gasteiger partial charge in [-0.1, -0.05) is 80.8 Å². The van der Waals surface area contributed by atoms with Crippen LogP contribution in [0.3, 0.4) is 0 Å². The van der Waals surface area contributed by atoms with Crippen molar-refractivity contribution in [1.82, 2.24) is 14.5 Å². The number of carbonyl (C=O) groups is 1. The number of aromatic nitrogens is 2. The van der Waals surface area contributed by atoms with Crippen molar-refractivity contribution in [2.45, 2.75) is 71.2 Å². The van der Waals surface area contributed by atoms with Crippen molar-refractivity contribution in [1.29, 1.82) is 0 Å². The van der Waals surface area contributed by atoms with Gasteiger partial charge in [-0.2, -0.15) is 0 Å². The SMILES string of the molecule is CCc1ccc(OCc2nc3ccccc3n2CC(=O)N(Cc2ccccc2)C2CCCCC2)cc1. The molecular weight excluding hydrogens is 446 g/mol. The predicted molar refractivity (Wildman–Crippen MR) is 144 cm³/mol. The van der Waals surface area contributed by atoms with Crippen LogP contribution in [0.4, 0.5) is 0 Å². The van der Waals surface area contributed by atoms with Gasteiger partial charge in [-0.25, -0.2) is 4.98 Å². The van der Waals surface area contributed by atoms with E-state index in [9.17, 15) is 4.79 Å². The number of amides is 1. The predicted octanol–water partition coefficient (Wildman–Crippen LogP) is 6.54. The molecule has 3 aromatic carbocycles. The number of fused-ring (bicyclic) bond motifs is 1. The van der Waals surface area contributed by atoms with Crippen LogP contribution in [0.1, 0.15) is 56.0 Å². The van der Waals surface area contributed by atoms with E-state index in [-0.39, 0.29) is 18.5 Å². The Morgan fingerprint density at radius 1 is 0.917 bits per heavy atom. The Balaban J connectivity index is 1.39. The Kier molecular flexibility index (Phi) is 7.65. The number of nitrogens with zero attached hydrogens (tertiary/aromatic N) is 3. The van der Waals surface area contributed by atoms with Gasteiger partial charge in [0.15, 0.2) is 0 Å². The summed E-state index contributed by atoms with van der Waals surface area (Å²) in [7, 11) is 0. The van der Waals surface area contributed by atoms with Crippen molar-refractivity contribution >= 4 is 16.9 Å². The van der Waals surface area contributed by atoms with Crippen LogP contribution in [0, 0.1) is 0 Å². The van der Waals surface area contributed by atoms with Crippen LogP contribution in [0.25, 0.3) is 11.0 Å². The van der Waals surface area contributed by atoms with Gasteiger partial charge in [0.05, 0.1) is 11.0 Å². The van der Waals surface area contributed by atoms with E-state index in [0.717, 1.165) is 41.9 Å². The molecule has 0 atom stereocenters. The van der Waals surface area contributed by atoms with Crippen LogP contribution in [0.5, 0.6) is 5.75 Å². The molecule has 1 aromatic heterocycles. The maximum absolute atomic E-state index is 13.9. The molecule has 5 rings (SSSR count). The molecule has 0 spiro atoms. The van der Waals surface area contributed by atoms with Crippen molar-refractivity contribution in [3.8, 4) is 5.75 Å². The van der Waals surface area contributed by atoms with Crippen molar-refractivity contribution in [3.05, 3.63) is 95.8 Å². The second-order valence-corrected chi connectivity index (χ2v) is 9.69. The second-order valence-electron chi connectivity index (χ2n) is 9.69. The van der Waals surface area contributed by atoms with Gasteiger partial charge in [0.25, 0.3) is 0 Å².